The minimum atomic E-state index is 0.0924. The third kappa shape index (κ3) is 4.45. The van der Waals surface area contributed by atoms with E-state index >= 15 is 0 Å². The van der Waals surface area contributed by atoms with Crippen LogP contribution >= 0.6 is 11.3 Å². The molecule has 2 aromatic rings. The molecule has 0 bridgehead atoms. The number of thiophene rings is 1. The molecule has 0 spiro atoms. The van der Waals surface area contributed by atoms with E-state index in [4.69, 9.17) is 0 Å². The molecular formula is C20H30N6OS. The number of piperidine rings is 1. The van der Waals surface area contributed by atoms with Crippen LogP contribution < -0.4 is 5.32 Å². The summed E-state index contributed by atoms with van der Waals surface area (Å²) in [6.45, 7) is 8.45. The zero-order chi connectivity index (χ0) is 19.5. The summed E-state index contributed by atoms with van der Waals surface area (Å²) in [6.07, 6.45) is 2.97. The number of hydrogen-bond acceptors (Lipinski definition) is 6. The van der Waals surface area contributed by atoms with Crippen molar-refractivity contribution in [2.75, 3.05) is 33.2 Å². The smallest absolute Gasteiger partial charge is 0.224 e. The van der Waals surface area contributed by atoms with Crippen LogP contribution in [0.1, 0.15) is 34.9 Å². The summed E-state index contributed by atoms with van der Waals surface area (Å²) < 4.78 is 2.20. The lowest BCUT2D eigenvalue weighted by atomic mass is 9.98. The molecule has 8 heteroatoms. The average molecular weight is 403 g/mol. The van der Waals surface area contributed by atoms with E-state index in [1.807, 2.05) is 11.3 Å². The van der Waals surface area contributed by atoms with E-state index in [0.29, 0.717) is 6.54 Å². The highest BCUT2D eigenvalue weighted by Crippen LogP contribution is 2.20. The first kappa shape index (κ1) is 19.5. The van der Waals surface area contributed by atoms with Gasteiger partial charge in [-0.2, -0.15) is 0 Å². The van der Waals surface area contributed by atoms with Crippen molar-refractivity contribution < 1.29 is 4.79 Å². The fourth-order valence-electron chi connectivity index (χ4n) is 4.18. The summed E-state index contributed by atoms with van der Waals surface area (Å²) in [7, 11) is 2.08. The standard InChI is InChI=1S/C20H30N6OS/c1-15-6-11-28-17(15)14-25-8-5-18-22-23-19(26(18)10-9-25)12-21-20(27)16-4-3-7-24(2)13-16/h6,11,16H,3-5,7-10,12-14H2,1-2H3,(H,21,27). The molecule has 2 aliphatic rings. The van der Waals surface area contributed by atoms with Gasteiger partial charge >= 0.3 is 0 Å². The summed E-state index contributed by atoms with van der Waals surface area (Å²) in [5.41, 5.74) is 1.38. The van der Waals surface area contributed by atoms with Crippen LogP contribution in [0.25, 0.3) is 0 Å². The highest BCUT2D eigenvalue weighted by Gasteiger charge is 2.25. The summed E-state index contributed by atoms with van der Waals surface area (Å²) in [5.74, 6) is 2.15. The first-order valence-corrected chi connectivity index (χ1v) is 11.1. The monoisotopic (exact) mass is 402 g/mol. The summed E-state index contributed by atoms with van der Waals surface area (Å²) in [4.78, 5) is 18.7. The van der Waals surface area contributed by atoms with E-state index in [0.717, 1.165) is 70.2 Å². The molecule has 7 nitrogen and oxygen atoms in total. The highest BCUT2D eigenvalue weighted by molar-refractivity contribution is 7.10. The number of likely N-dealkylation sites (tertiary alicyclic amines) is 1. The first-order chi connectivity index (χ1) is 13.6. The Kier molecular flexibility index (Phi) is 6.08. The molecule has 1 fully saturated rings. The molecule has 1 amide bonds. The second-order valence-corrected chi connectivity index (χ2v) is 9.06. The lowest BCUT2D eigenvalue weighted by Gasteiger charge is -2.28. The van der Waals surface area contributed by atoms with Gasteiger partial charge in [0.15, 0.2) is 5.82 Å². The Balaban J connectivity index is 1.33. The summed E-state index contributed by atoms with van der Waals surface area (Å²) >= 11 is 1.84. The van der Waals surface area contributed by atoms with Gasteiger partial charge < -0.3 is 14.8 Å². The molecule has 0 radical (unpaired) electrons. The maximum atomic E-state index is 12.5. The molecule has 2 aliphatic heterocycles. The first-order valence-electron chi connectivity index (χ1n) is 10.2. The quantitative estimate of drug-likeness (QED) is 0.824. The Hall–Kier alpha value is -1.77. The van der Waals surface area contributed by atoms with E-state index in [9.17, 15) is 4.79 Å². The minimum Gasteiger partial charge on any atom is -0.349 e. The zero-order valence-electron chi connectivity index (χ0n) is 16.9. The molecule has 152 valence electrons. The van der Waals surface area contributed by atoms with Gasteiger partial charge in [0.25, 0.3) is 0 Å². The predicted molar refractivity (Wildman–Crippen MR) is 110 cm³/mol. The molecule has 0 aromatic carbocycles. The van der Waals surface area contributed by atoms with Crippen LogP contribution in [-0.4, -0.2) is 63.7 Å². The van der Waals surface area contributed by atoms with Crippen LogP contribution in [0, 0.1) is 12.8 Å². The van der Waals surface area contributed by atoms with Gasteiger partial charge in [-0.05, 0) is 50.4 Å². The number of aromatic nitrogens is 3. The Bertz CT molecular complexity index is 815. The van der Waals surface area contributed by atoms with Crippen molar-refractivity contribution in [3.8, 4) is 0 Å². The van der Waals surface area contributed by atoms with E-state index < -0.39 is 0 Å². The number of fused-ring (bicyclic) bond motifs is 1. The van der Waals surface area contributed by atoms with E-state index in [1.54, 1.807) is 0 Å². The molecular weight excluding hydrogens is 372 g/mol. The SMILES string of the molecule is Cc1ccsc1CN1CCc2nnc(CNC(=O)C3CCCN(C)C3)n2CC1. The van der Waals surface area contributed by atoms with Crippen LogP contribution in [0.15, 0.2) is 11.4 Å². The van der Waals surface area contributed by atoms with Crippen molar-refractivity contribution >= 4 is 17.2 Å². The van der Waals surface area contributed by atoms with Gasteiger partial charge in [-0.3, -0.25) is 9.69 Å². The normalized spacial score (nSPS) is 21.3. The Morgan fingerprint density at radius 1 is 1.29 bits per heavy atom. The fraction of sp³-hybridized carbons (Fsp3) is 0.650. The highest BCUT2D eigenvalue weighted by atomic mass is 32.1. The Morgan fingerprint density at radius 2 is 2.18 bits per heavy atom. The van der Waals surface area contributed by atoms with Crippen molar-refractivity contribution in [2.24, 2.45) is 5.92 Å². The lowest BCUT2D eigenvalue weighted by molar-refractivity contribution is -0.126. The van der Waals surface area contributed by atoms with Gasteiger partial charge in [0, 0.05) is 44.0 Å². The van der Waals surface area contributed by atoms with Gasteiger partial charge in [0.2, 0.25) is 5.91 Å². The molecule has 28 heavy (non-hydrogen) atoms. The molecule has 2 aromatic heterocycles. The number of nitrogens with one attached hydrogen (secondary N) is 1. The van der Waals surface area contributed by atoms with Crippen LogP contribution in [0.5, 0.6) is 0 Å². The van der Waals surface area contributed by atoms with Crippen LogP contribution in [0.3, 0.4) is 0 Å². The minimum absolute atomic E-state index is 0.0924. The number of aryl methyl sites for hydroxylation is 1. The Morgan fingerprint density at radius 3 is 2.96 bits per heavy atom. The maximum absolute atomic E-state index is 12.5. The number of carbonyl (C=O) groups excluding carboxylic acids is 1. The van der Waals surface area contributed by atoms with Crippen LogP contribution in [0.2, 0.25) is 0 Å². The van der Waals surface area contributed by atoms with Gasteiger partial charge in [-0.1, -0.05) is 0 Å². The Labute approximate surface area is 170 Å². The molecule has 0 saturated carbocycles. The maximum Gasteiger partial charge on any atom is 0.224 e. The molecule has 1 N–H and O–H groups in total. The average Bonchev–Trinajstić information content (AvgIpc) is 3.21. The van der Waals surface area contributed by atoms with Gasteiger partial charge in [0.05, 0.1) is 12.5 Å². The summed E-state index contributed by atoms with van der Waals surface area (Å²) in [5, 5.41) is 14.0. The summed E-state index contributed by atoms with van der Waals surface area (Å²) in [6, 6.07) is 2.19. The van der Waals surface area contributed by atoms with Gasteiger partial charge in [-0.15, -0.1) is 21.5 Å². The molecule has 4 heterocycles. The van der Waals surface area contributed by atoms with Crippen molar-refractivity contribution in [1.29, 1.82) is 0 Å². The van der Waals surface area contributed by atoms with Gasteiger partial charge in [-0.25, -0.2) is 0 Å². The lowest BCUT2D eigenvalue weighted by Crippen LogP contribution is -2.41. The number of nitrogens with zero attached hydrogens (tertiary/aromatic N) is 5. The predicted octanol–water partition coefficient (Wildman–Crippen LogP) is 1.66. The van der Waals surface area contributed by atoms with Crippen LogP contribution in [0.4, 0.5) is 0 Å². The largest absolute Gasteiger partial charge is 0.349 e. The van der Waals surface area contributed by atoms with Crippen molar-refractivity contribution in [1.82, 2.24) is 29.9 Å². The van der Waals surface area contributed by atoms with Gasteiger partial charge in [0.1, 0.15) is 5.82 Å². The topological polar surface area (TPSA) is 66.3 Å². The van der Waals surface area contributed by atoms with E-state index in [2.05, 4.69) is 55.3 Å². The molecule has 4 rings (SSSR count). The third-order valence-corrected chi connectivity index (χ3v) is 6.95. The second-order valence-electron chi connectivity index (χ2n) is 8.06. The molecule has 1 atom stereocenters. The zero-order valence-corrected chi connectivity index (χ0v) is 17.7. The van der Waals surface area contributed by atoms with Crippen molar-refractivity contribution in [3.05, 3.63) is 33.5 Å². The fourth-order valence-corrected chi connectivity index (χ4v) is 5.12. The number of hydrogen-bond donors (Lipinski definition) is 1. The van der Waals surface area contributed by atoms with Crippen molar-refractivity contribution in [2.45, 2.75) is 45.8 Å². The molecule has 0 aliphatic carbocycles. The molecule has 1 saturated heterocycles. The molecule has 1 unspecified atom stereocenters. The van der Waals surface area contributed by atoms with Crippen molar-refractivity contribution in [3.63, 3.8) is 0 Å². The third-order valence-electron chi connectivity index (χ3n) is 5.95. The number of carbonyl (C=O) groups is 1. The second kappa shape index (κ2) is 8.71. The van der Waals surface area contributed by atoms with E-state index in [-0.39, 0.29) is 11.8 Å². The number of amides is 1. The van der Waals surface area contributed by atoms with E-state index in [1.165, 1.54) is 10.4 Å². The number of rotatable bonds is 5. The van der Waals surface area contributed by atoms with Crippen LogP contribution in [-0.2, 0) is 30.8 Å².